The molecular weight excluding hydrogens is 368 g/mol. The third kappa shape index (κ3) is 4.09. The number of aryl methyl sites for hydroxylation is 4. The molecule has 1 aromatic heterocycles. The minimum Gasteiger partial charge on any atom is -0.293 e. The van der Waals surface area contributed by atoms with Gasteiger partial charge in [-0.2, -0.15) is 0 Å². The standard InChI is InChI=1S/C23H24N2O2S/c1-14-6-8-19(12-16(14)3)21(26)18(5)28-22-23(27)25(11-10-24-22)20-9-7-15(2)17(4)13-20/h6-13,18H,1-5H3/t18-/m1/s1. The molecule has 0 unspecified atom stereocenters. The Morgan fingerprint density at radius 3 is 2.25 bits per heavy atom. The molecule has 3 rings (SSSR count). The molecule has 0 radical (unpaired) electrons. The van der Waals surface area contributed by atoms with E-state index in [1.807, 2.05) is 71.0 Å². The van der Waals surface area contributed by atoms with Crippen molar-refractivity contribution in [2.24, 2.45) is 0 Å². The van der Waals surface area contributed by atoms with Crippen LogP contribution in [-0.4, -0.2) is 20.6 Å². The molecule has 3 aromatic rings. The monoisotopic (exact) mass is 392 g/mol. The Bertz CT molecular complexity index is 1100. The van der Waals surface area contributed by atoms with E-state index in [9.17, 15) is 9.59 Å². The minimum atomic E-state index is -0.405. The maximum atomic E-state index is 12.9. The van der Waals surface area contributed by atoms with Gasteiger partial charge in [-0.3, -0.25) is 14.2 Å². The van der Waals surface area contributed by atoms with Crippen molar-refractivity contribution in [1.82, 2.24) is 9.55 Å². The van der Waals surface area contributed by atoms with Gasteiger partial charge in [-0.25, -0.2) is 4.98 Å². The first-order valence-electron chi connectivity index (χ1n) is 9.21. The molecule has 28 heavy (non-hydrogen) atoms. The molecule has 0 aliphatic rings. The van der Waals surface area contributed by atoms with Crippen molar-refractivity contribution in [2.45, 2.75) is 44.9 Å². The van der Waals surface area contributed by atoms with Gasteiger partial charge < -0.3 is 0 Å². The van der Waals surface area contributed by atoms with Gasteiger partial charge in [-0.15, -0.1) is 0 Å². The van der Waals surface area contributed by atoms with Crippen molar-refractivity contribution >= 4 is 17.5 Å². The Labute approximate surface area is 169 Å². The summed E-state index contributed by atoms with van der Waals surface area (Å²) in [6.07, 6.45) is 3.26. The summed E-state index contributed by atoms with van der Waals surface area (Å²) < 4.78 is 1.58. The molecule has 0 bridgehead atoms. The van der Waals surface area contributed by atoms with Gasteiger partial charge in [-0.1, -0.05) is 30.0 Å². The lowest BCUT2D eigenvalue weighted by atomic mass is 10.0. The second-order valence-corrected chi connectivity index (χ2v) is 8.43. The number of benzene rings is 2. The number of ketones is 1. The SMILES string of the molecule is Cc1ccc(C(=O)[C@@H](C)Sc2nccn(-c3ccc(C)c(C)c3)c2=O)cc1C. The van der Waals surface area contributed by atoms with Gasteiger partial charge in [0.1, 0.15) is 0 Å². The van der Waals surface area contributed by atoms with Gasteiger partial charge >= 0.3 is 0 Å². The predicted molar refractivity (Wildman–Crippen MR) is 115 cm³/mol. The summed E-state index contributed by atoms with van der Waals surface area (Å²) in [6, 6.07) is 11.6. The van der Waals surface area contributed by atoms with Gasteiger partial charge in [0.05, 0.1) is 5.25 Å². The Hall–Kier alpha value is -2.66. The number of aromatic nitrogens is 2. The zero-order valence-corrected chi connectivity index (χ0v) is 17.6. The van der Waals surface area contributed by atoms with Gasteiger partial charge in [0.15, 0.2) is 10.8 Å². The van der Waals surface area contributed by atoms with E-state index in [1.165, 1.54) is 17.3 Å². The van der Waals surface area contributed by atoms with Crippen LogP contribution in [0.2, 0.25) is 0 Å². The highest BCUT2D eigenvalue weighted by Gasteiger charge is 2.20. The van der Waals surface area contributed by atoms with Crippen LogP contribution in [0, 0.1) is 27.7 Å². The Morgan fingerprint density at radius 1 is 0.964 bits per heavy atom. The van der Waals surface area contributed by atoms with Crippen molar-refractivity contribution in [1.29, 1.82) is 0 Å². The van der Waals surface area contributed by atoms with Crippen LogP contribution < -0.4 is 5.56 Å². The molecule has 2 aromatic carbocycles. The molecular formula is C23H24N2O2S. The predicted octanol–water partition coefficient (Wildman–Crippen LogP) is 4.83. The Kier molecular flexibility index (Phi) is 5.84. The topological polar surface area (TPSA) is 52.0 Å². The Morgan fingerprint density at radius 2 is 1.61 bits per heavy atom. The van der Waals surface area contributed by atoms with Crippen molar-refractivity contribution in [3.05, 3.63) is 87.0 Å². The lowest BCUT2D eigenvalue weighted by Gasteiger charge is -2.13. The van der Waals surface area contributed by atoms with E-state index < -0.39 is 5.25 Å². The quantitative estimate of drug-likeness (QED) is 0.461. The number of nitrogens with zero attached hydrogens (tertiary/aromatic N) is 2. The average Bonchev–Trinajstić information content (AvgIpc) is 2.67. The summed E-state index contributed by atoms with van der Waals surface area (Å²) in [6.45, 7) is 9.88. The van der Waals surface area contributed by atoms with E-state index in [0.29, 0.717) is 10.6 Å². The number of carbonyl (C=O) groups is 1. The van der Waals surface area contributed by atoms with Crippen molar-refractivity contribution in [3.8, 4) is 5.69 Å². The first-order chi connectivity index (χ1) is 13.3. The van der Waals surface area contributed by atoms with E-state index in [0.717, 1.165) is 22.4 Å². The van der Waals surface area contributed by atoms with Gasteiger partial charge in [0.25, 0.3) is 5.56 Å². The molecule has 0 saturated carbocycles. The summed E-state index contributed by atoms with van der Waals surface area (Å²) in [7, 11) is 0. The van der Waals surface area contributed by atoms with Crippen LogP contribution in [-0.2, 0) is 0 Å². The fraction of sp³-hybridized carbons (Fsp3) is 0.261. The minimum absolute atomic E-state index is 0.00381. The van der Waals surface area contributed by atoms with Crippen LogP contribution in [0.25, 0.3) is 5.69 Å². The third-order valence-corrected chi connectivity index (χ3v) is 6.10. The molecule has 0 spiro atoms. The highest BCUT2D eigenvalue weighted by atomic mass is 32.2. The first kappa shape index (κ1) is 20.1. The average molecular weight is 393 g/mol. The maximum Gasteiger partial charge on any atom is 0.287 e. The lowest BCUT2D eigenvalue weighted by molar-refractivity contribution is 0.0994. The molecule has 5 heteroatoms. The van der Waals surface area contributed by atoms with Gasteiger partial charge in [-0.05, 0) is 75.1 Å². The van der Waals surface area contributed by atoms with E-state index in [4.69, 9.17) is 0 Å². The third-order valence-electron chi connectivity index (χ3n) is 5.03. The molecule has 0 N–H and O–H groups in total. The van der Waals surface area contributed by atoms with Crippen molar-refractivity contribution in [2.75, 3.05) is 0 Å². The number of hydrogen-bond acceptors (Lipinski definition) is 4. The zero-order valence-electron chi connectivity index (χ0n) is 16.8. The van der Waals surface area contributed by atoms with Crippen LogP contribution in [0.3, 0.4) is 0 Å². The molecule has 0 amide bonds. The molecule has 0 saturated heterocycles. The number of hydrogen-bond donors (Lipinski definition) is 0. The van der Waals surface area contributed by atoms with Crippen LogP contribution >= 0.6 is 11.8 Å². The zero-order chi connectivity index (χ0) is 20.4. The van der Waals surface area contributed by atoms with Crippen LogP contribution in [0.1, 0.15) is 39.5 Å². The van der Waals surface area contributed by atoms with E-state index >= 15 is 0 Å². The van der Waals surface area contributed by atoms with Gasteiger partial charge in [0, 0.05) is 23.6 Å². The fourth-order valence-corrected chi connectivity index (χ4v) is 3.80. The molecule has 144 valence electrons. The smallest absolute Gasteiger partial charge is 0.287 e. The first-order valence-corrected chi connectivity index (χ1v) is 10.1. The van der Waals surface area contributed by atoms with Crippen molar-refractivity contribution < 1.29 is 4.79 Å². The second kappa shape index (κ2) is 8.15. The van der Waals surface area contributed by atoms with Crippen molar-refractivity contribution in [3.63, 3.8) is 0 Å². The summed E-state index contributed by atoms with van der Waals surface area (Å²) in [4.78, 5) is 30.0. The number of thioether (sulfide) groups is 1. The fourth-order valence-electron chi connectivity index (χ4n) is 2.90. The molecule has 1 heterocycles. The highest BCUT2D eigenvalue weighted by molar-refractivity contribution is 8.00. The molecule has 0 aliphatic carbocycles. The maximum absolute atomic E-state index is 12.9. The van der Waals surface area contributed by atoms with E-state index in [2.05, 4.69) is 4.98 Å². The summed E-state index contributed by atoms with van der Waals surface area (Å²) >= 11 is 1.21. The molecule has 0 aliphatic heterocycles. The largest absolute Gasteiger partial charge is 0.293 e. The summed E-state index contributed by atoms with van der Waals surface area (Å²) in [5.74, 6) is -0.00381. The second-order valence-electron chi connectivity index (χ2n) is 7.10. The number of rotatable bonds is 5. The van der Waals surface area contributed by atoms with Crippen LogP contribution in [0.5, 0.6) is 0 Å². The van der Waals surface area contributed by atoms with Gasteiger partial charge in [0.2, 0.25) is 0 Å². The number of Topliss-reactive ketones (excluding diaryl/α,β-unsaturated/α-hetero) is 1. The van der Waals surface area contributed by atoms with Crippen LogP contribution in [0.15, 0.2) is 58.6 Å². The molecule has 1 atom stereocenters. The van der Waals surface area contributed by atoms with E-state index in [-0.39, 0.29) is 11.3 Å². The Balaban J connectivity index is 1.88. The molecule has 0 fully saturated rings. The number of carbonyl (C=O) groups excluding carboxylic acids is 1. The summed E-state index contributed by atoms with van der Waals surface area (Å²) in [5.41, 5.74) is 5.77. The van der Waals surface area contributed by atoms with Crippen LogP contribution in [0.4, 0.5) is 0 Å². The normalized spacial score (nSPS) is 12.0. The highest BCUT2D eigenvalue weighted by Crippen LogP contribution is 2.23. The van der Waals surface area contributed by atoms with E-state index in [1.54, 1.807) is 17.0 Å². The molecule has 4 nitrogen and oxygen atoms in total. The summed E-state index contributed by atoms with van der Waals surface area (Å²) in [5, 5.41) is -0.0803. The lowest BCUT2D eigenvalue weighted by Crippen LogP contribution is -2.23.